The number of primary sulfonamides is 1. The Morgan fingerprint density at radius 3 is 2.50 bits per heavy atom. The lowest BCUT2D eigenvalue weighted by molar-refractivity contribution is 0.126. The van der Waals surface area contributed by atoms with Crippen LogP contribution >= 0.6 is 15.9 Å². The van der Waals surface area contributed by atoms with Gasteiger partial charge >= 0.3 is 0 Å². The summed E-state index contributed by atoms with van der Waals surface area (Å²) >= 11 is 3.26. The van der Waals surface area contributed by atoms with Crippen LogP contribution in [0.3, 0.4) is 0 Å². The molecule has 1 saturated carbocycles. The number of benzene rings is 1. The second-order valence-electron chi connectivity index (χ2n) is 5.30. The summed E-state index contributed by atoms with van der Waals surface area (Å²) in [6.45, 7) is 2.21. The Bertz CT molecular complexity index is 566. The third kappa shape index (κ3) is 3.96. The highest BCUT2D eigenvalue weighted by Gasteiger charge is 2.24. The first-order valence-electron chi connectivity index (χ1n) is 6.89. The number of ether oxygens (including phenoxy) is 1. The van der Waals surface area contributed by atoms with E-state index in [0.717, 1.165) is 31.6 Å². The van der Waals surface area contributed by atoms with Crippen molar-refractivity contribution >= 4 is 26.0 Å². The van der Waals surface area contributed by atoms with Crippen LogP contribution in [0.2, 0.25) is 0 Å². The maximum Gasteiger partial charge on any atom is 0.241 e. The van der Waals surface area contributed by atoms with Gasteiger partial charge in [-0.25, -0.2) is 13.6 Å². The molecule has 0 aromatic heterocycles. The fraction of sp³-hybridized carbons (Fsp3) is 0.571. The number of hydrogen-bond donors (Lipinski definition) is 1. The topological polar surface area (TPSA) is 69.4 Å². The zero-order chi connectivity index (χ0) is 14.8. The van der Waals surface area contributed by atoms with E-state index in [4.69, 9.17) is 9.88 Å². The summed E-state index contributed by atoms with van der Waals surface area (Å²) < 4.78 is 29.8. The van der Waals surface area contributed by atoms with Gasteiger partial charge < -0.3 is 4.74 Å². The zero-order valence-corrected chi connectivity index (χ0v) is 13.9. The molecule has 0 unspecified atom stereocenters. The Labute approximate surface area is 128 Å². The van der Waals surface area contributed by atoms with Crippen molar-refractivity contribution in [2.45, 2.75) is 50.0 Å². The van der Waals surface area contributed by atoms with Crippen molar-refractivity contribution in [3.8, 4) is 5.75 Å². The van der Waals surface area contributed by atoms with E-state index in [9.17, 15) is 8.42 Å². The molecule has 1 aromatic carbocycles. The van der Waals surface area contributed by atoms with Gasteiger partial charge in [0.15, 0.2) is 0 Å². The quantitative estimate of drug-likeness (QED) is 0.892. The minimum absolute atomic E-state index is 0.0458. The average Bonchev–Trinajstić information content (AvgIpc) is 2.40. The van der Waals surface area contributed by atoms with Gasteiger partial charge in [0, 0.05) is 4.47 Å². The Kier molecular flexibility index (Phi) is 5.09. The average molecular weight is 362 g/mol. The minimum atomic E-state index is -3.78. The standard InChI is InChI=1S/C14H20BrNO3S/c1-2-10-3-6-12(7-4-10)19-13-8-5-11(15)9-14(13)20(16,17)18/h5,8-10,12H,2-4,6-7H2,1H3,(H2,16,17,18). The molecule has 112 valence electrons. The molecule has 1 aromatic rings. The highest BCUT2D eigenvalue weighted by atomic mass is 79.9. The Balaban J connectivity index is 2.14. The van der Waals surface area contributed by atoms with Crippen molar-refractivity contribution in [3.63, 3.8) is 0 Å². The van der Waals surface area contributed by atoms with Crippen LogP contribution in [0.4, 0.5) is 0 Å². The molecule has 0 spiro atoms. The molecular weight excluding hydrogens is 342 g/mol. The summed E-state index contributed by atoms with van der Waals surface area (Å²) in [4.78, 5) is 0.0458. The van der Waals surface area contributed by atoms with Crippen LogP contribution in [0, 0.1) is 5.92 Å². The van der Waals surface area contributed by atoms with Crippen molar-refractivity contribution in [2.24, 2.45) is 11.1 Å². The number of rotatable bonds is 4. The van der Waals surface area contributed by atoms with Crippen molar-refractivity contribution in [2.75, 3.05) is 0 Å². The fourth-order valence-electron chi connectivity index (χ4n) is 2.64. The van der Waals surface area contributed by atoms with Crippen molar-refractivity contribution in [1.82, 2.24) is 0 Å². The summed E-state index contributed by atoms with van der Waals surface area (Å²) in [6, 6.07) is 4.92. The predicted molar refractivity (Wildman–Crippen MR) is 82.2 cm³/mol. The van der Waals surface area contributed by atoms with E-state index < -0.39 is 10.0 Å². The first kappa shape index (κ1) is 15.8. The molecule has 6 heteroatoms. The van der Waals surface area contributed by atoms with Crippen LogP contribution in [0.15, 0.2) is 27.6 Å². The monoisotopic (exact) mass is 361 g/mol. The van der Waals surface area contributed by atoms with Crippen molar-refractivity contribution in [1.29, 1.82) is 0 Å². The third-order valence-electron chi connectivity index (χ3n) is 3.88. The molecule has 0 bridgehead atoms. The van der Waals surface area contributed by atoms with E-state index in [1.54, 1.807) is 12.1 Å². The molecule has 1 fully saturated rings. The summed E-state index contributed by atoms with van der Waals surface area (Å²) in [5, 5.41) is 5.25. The predicted octanol–water partition coefficient (Wildman–Crippen LogP) is 3.44. The smallest absolute Gasteiger partial charge is 0.241 e. The van der Waals surface area contributed by atoms with Gasteiger partial charge in [0.05, 0.1) is 6.10 Å². The molecule has 1 aliphatic carbocycles. The van der Waals surface area contributed by atoms with E-state index >= 15 is 0 Å². The van der Waals surface area contributed by atoms with Crippen LogP contribution in [0.5, 0.6) is 5.75 Å². The molecule has 0 radical (unpaired) electrons. The molecule has 0 amide bonds. The Hall–Kier alpha value is -0.590. The molecule has 1 aliphatic rings. The van der Waals surface area contributed by atoms with Crippen LogP contribution in [0.25, 0.3) is 0 Å². The van der Waals surface area contributed by atoms with Crippen LogP contribution in [0.1, 0.15) is 39.0 Å². The van der Waals surface area contributed by atoms with Gasteiger partial charge in [0.25, 0.3) is 0 Å². The first-order chi connectivity index (χ1) is 9.40. The fourth-order valence-corrected chi connectivity index (χ4v) is 3.84. The molecule has 2 rings (SSSR count). The molecule has 0 heterocycles. The molecule has 4 nitrogen and oxygen atoms in total. The molecule has 2 N–H and O–H groups in total. The van der Waals surface area contributed by atoms with Gasteiger partial charge in [-0.1, -0.05) is 29.3 Å². The van der Waals surface area contributed by atoms with Gasteiger partial charge in [-0.3, -0.25) is 0 Å². The van der Waals surface area contributed by atoms with Crippen LogP contribution < -0.4 is 9.88 Å². The molecule has 20 heavy (non-hydrogen) atoms. The van der Waals surface area contributed by atoms with E-state index in [0.29, 0.717) is 10.2 Å². The first-order valence-corrected chi connectivity index (χ1v) is 9.23. The van der Waals surface area contributed by atoms with Crippen LogP contribution in [-0.2, 0) is 10.0 Å². The Morgan fingerprint density at radius 1 is 1.30 bits per heavy atom. The molecule has 0 atom stereocenters. The highest BCUT2D eigenvalue weighted by molar-refractivity contribution is 9.10. The zero-order valence-electron chi connectivity index (χ0n) is 11.5. The SMILES string of the molecule is CCC1CCC(Oc2ccc(Br)cc2S(N)(=O)=O)CC1. The van der Waals surface area contributed by atoms with Gasteiger partial charge in [0.1, 0.15) is 10.6 Å². The summed E-state index contributed by atoms with van der Waals surface area (Å²) in [5.74, 6) is 1.13. The minimum Gasteiger partial charge on any atom is -0.489 e. The Morgan fingerprint density at radius 2 is 1.95 bits per heavy atom. The van der Waals surface area contributed by atoms with E-state index in [2.05, 4.69) is 22.9 Å². The molecular formula is C14H20BrNO3S. The lowest BCUT2D eigenvalue weighted by atomic mass is 9.86. The molecule has 0 saturated heterocycles. The second kappa shape index (κ2) is 6.45. The third-order valence-corrected chi connectivity index (χ3v) is 5.30. The van der Waals surface area contributed by atoms with Gasteiger partial charge in [-0.15, -0.1) is 0 Å². The largest absolute Gasteiger partial charge is 0.489 e. The van der Waals surface area contributed by atoms with Gasteiger partial charge in [-0.2, -0.15) is 0 Å². The lowest BCUT2D eigenvalue weighted by Crippen LogP contribution is -2.25. The number of nitrogens with two attached hydrogens (primary N) is 1. The highest BCUT2D eigenvalue weighted by Crippen LogP contribution is 2.32. The summed E-state index contributed by atoms with van der Waals surface area (Å²) in [6.07, 6.45) is 5.51. The van der Waals surface area contributed by atoms with Gasteiger partial charge in [0.2, 0.25) is 10.0 Å². The second-order valence-corrected chi connectivity index (χ2v) is 7.75. The van der Waals surface area contributed by atoms with E-state index in [1.165, 1.54) is 12.5 Å². The van der Waals surface area contributed by atoms with Crippen molar-refractivity contribution < 1.29 is 13.2 Å². The maximum absolute atomic E-state index is 11.6. The van der Waals surface area contributed by atoms with Gasteiger partial charge in [-0.05, 0) is 49.8 Å². The maximum atomic E-state index is 11.6. The number of hydrogen-bond acceptors (Lipinski definition) is 3. The number of halogens is 1. The summed E-state index contributed by atoms with van der Waals surface area (Å²) in [5.41, 5.74) is 0. The van der Waals surface area contributed by atoms with Crippen molar-refractivity contribution in [3.05, 3.63) is 22.7 Å². The number of sulfonamides is 1. The summed E-state index contributed by atoms with van der Waals surface area (Å²) in [7, 11) is -3.78. The normalized spacial score (nSPS) is 23.6. The van der Waals surface area contributed by atoms with E-state index in [-0.39, 0.29) is 11.0 Å². The lowest BCUT2D eigenvalue weighted by Gasteiger charge is -2.28. The van der Waals surface area contributed by atoms with E-state index in [1.807, 2.05) is 0 Å². The van der Waals surface area contributed by atoms with Crippen LogP contribution in [-0.4, -0.2) is 14.5 Å². The molecule has 0 aliphatic heterocycles.